The number of rotatable bonds is 1. The van der Waals surface area contributed by atoms with Gasteiger partial charge in [-0.05, 0) is 47.5 Å². The molecule has 0 N–H and O–H groups in total. The van der Waals surface area contributed by atoms with Crippen molar-refractivity contribution in [1.29, 1.82) is 0 Å². The lowest BCUT2D eigenvalue weighted by Gasteiger charge is -2.05. The first-order chi connectivity index (χ1) is 7.78. The van der Waals surface area contributed by atoms with Crippen LogP contribution in [-0.4, -0.2) is 13.1 Å². The molecule has 0 unspecified atom stereocenters. The summed E-state index contributed by atoms with van der Waals surface area (Å²) >= 11 is 0. The molecular weight excluding hydrogens is 204 g/mol. The maximum Gasteiger partial charge on any atom is 0.231 e. The van der Waals surface area contributed by atoms with E-state index >= 15 is 0 Å². The molecule has 0 atom stereocenters. The van der Waals surface area contributed by atoms with Gasteiger partial charge in [0, 0.05) is 5.56 Å². The van der Waals surface area contributed by atoms with Crippen molar-refractivity contribution >= 4 is 17.1 Å². The molecule has 0 aliphatic carbocycles. The second-order valence-corrected chi connectivity index (χ2v) is 3.88. The molecule has 0 spiro atoms. The molecule has 3 heteroatoms. The maximum absolute atomic E-state index is 10.8. The summed E-state index contributed by atoms with van der Waals surface area (Å²) in [5, 5.41) is 2.10. The summed E-state index contributed by atoms with van der Waals surface area (Å²) < 4.78 is 10.6. The van der Waals surface area contributed by atoms with E-state index in [9.17, 15) is 4.79 Å². The van der Waals surface area contributed by atoms with Crippen LogP contribution < -0.4 is 9.47 Å². The second-order valence-electron chi connectivity index (χ2n) is 3.88. The van der Waals surface area contributed by atoms with Crippen molar-refractivity contribution in [1.82, 2.24) is 0 Å². The van der Waals surface area contributed by atoms with Gasteiger partial charge in [0.1, 0.15) is 6.29 Å². The van der Waals surface area contributed by atoms with Gasteiger partial charge in [-0.1, -0.05) is 0 Å². The van der Waals surface area contributed by atoms with E-state index in [2.05, 4.69) is 0 Å². The molecule has 3 nitrogen and oxygen atoms in total. The van der Waals surface area contributed by atoms with Crippen LogP contribution in [0.4, 0.5) is 0 Å². The molecule has 3 rings (SSSR count). The third kappa shape index (κ3) is 1.25. The quantitative estimate of drug-likeness (QED) is 0.684. The minimum absolute atomic E-state index is 0.269. The number of carbonyl (C=O) groups is 1. The summed E-state index contributed by atoms with van der Waals surface area (Å²) in [6.45, 7) is 2.25. The first kappa shape index (κ1) is 9.21. The van der Waals surface area contributed by atoms with E-state index in [0.29, 0.717) is 5.56 Å². The van der Waals surface area contributed by atoms with Crippen LogP contribution in [0, 0.1) is 6.92 Å². The van der Waals surface area contributed by atoms with Crippen LogP contribution in [0.3, 0.4) is 0 Å². The second kappa shape index (κ2) is 3.23. The number of fused-ring (bicyclic) bond motifs is 2. The lowest BCUT2D eigenvalue weighted by Crippen LogP contribution is -1.92. The van der Waals surface area contributed by atoms with Gasteiger partial charge in [-0.25, -0.2) is 0 Å². The number of carbonyl (C=O) groups excluding carboxylic acids is 1. The van der Waals surface area contributed by atoms with Crippen molar-refractivity contribution < 1.29 is 14.3 Å². The number of ether oxygens (including phenoxy) is 2. The molecule has 0 amide bonds. The summed E-state index contributed by atoms with van der Waals surface area (Å²) in [5.74, 6) is 1.52. The van der Waals surface area contributed by atoms with Gasteiger partial charge in [-0.3, -0.25) is 4.79 Å². The zero-order chi connectivity index (χ0) is 11.1. The Kier molecular flexibility index (Phi) is 1.86. The Morgan fingerprint density at radius 2 is 1.88 bits per heavy atom. The maximum atomic E-state index is 10.8. The van der Waals surface area contributed by atoms with E-state index in [1.165, 1.54) is 0 Å². The van der Waals surface area contributed by atoms with Crippen LogP contribution in [0.5, 0.6) is 11.5 Å². The van der Waals surface area contributed by atoms with E-state index in [-0.39, 0.29) is 6.79 Å². The van der Waals surface area contributed by atoms with Gasteiger partial charge in [0.15, 0.2) is 11.5 Å². The molecule has 80 valence electrons. The highest BCUT2D eigenvalue weighted by Gasteiger charge is 2.15. The van der Waals surface area contributed by atoms with E-state index in [1.54, 1.807) is 0 Å². The molecule has 0 bridgehead atoms. The third-order valence-electron chi connectivity index (χ3n) is 2.81. The highest BCUT2D eigenvalue weighted by Crippen LogP contribution is 2.37. The lowest BCUT2D eigenvalue weighted by molar-refractivity contribution is 0.112. The molecule has 16 heavy (non-hydrogen) atoms. The van der Waals surface area contributed by atoms with Crippen LogP contribution >= 0.6 is 0 Å². The van der Waals surface area contributed by atoms with Gasteiger partial charge >= 0.3 is 0 Å². The molecule has 0 saturated heterocycles. The summed E-state index contributed by atoms with van der Waals surface area (Å²) in [4.78, 5) is 10.8. The minimum Gasteiger partial charge on any atom is -0.454 e. The fraction of sp³-hybridized carbons (Fsp3) is 0.154. The Hall–Kier alpha value is -2.03. The molecular formula is C13H10O3. The van der Waals surface area contributed by atoms with Gasteiger partial charge < -0.3 is 9.47 Å². The van der Waals surface area contributed by atoms with Crippen LogP contribution in [0.15, 0.2) is 24.3 Å². The average Bonchev–Trinajstić information content (AvgIpc) is 2.73. The fourth-order valence-electron chi connectivity index (χ4n) is 2.04. The molecule has 0 aromatic heterocycles. The van der Waals surface area contributed by atoms with Gasteiger partial charge in [0.25, 0.3) is 0 Å². The van der Waals surface area contributed by atoms with Gasteiger partial charge in [-0.2, -0.15) is 0 Å². The number of aryl methyl sites for hydroxylation is 1. The Labute approximate surface area is 92.6 Å². The van der Waals surface area contributed by atoms with Crippen molar-refractivity contribution in [2.45, 2.75) is 6.92 Å². The Morgan fingerprint density at radius 3 is 2.62 bits per heavy atom. The largest absolute Gasteiger partial charge is 0.454 e. The zero-order valence-electron chi connectivity index (χ0n) is 8.82. The molecule has 0 saturated carbocycles. The Bertz CT molecular complexity index is 587. The summed E-state index contributed by atoms with van der Waals surface area (Å²) in [6, 6.07) is 7.61. The Morgan fingerprint density at radius 1 is 1.12 bits per heavy atom. The van der Waals surface area contributed by atoms with E-state index in [1.807, 2.05) is 31.2 Å². The zero-order valence-corrected chi connectivity index (χ0v) is 8.82. The predicted octanol–water partition coefficient (Wildman–Crippen LogP) is 2.69. The first-order valence-corrected chi connectivity index (χ1v) is 5.07. The lowest BCUT2D eigenvalue weighted by atomic mass is 10.0. The molecule has 1 aliphatic rings. The average molecular weight is 214 g/mol. The molecule has 2 aromatic rings. The highest BCUT2D eigenvalue weighted by molar-refractivity contribution is 5.93. The fourth-order valence-corrected chi connectivity index (χ4v) is 2.04. The number of hydrogen-bond donors (Lipinski definition) is 0. The normalized spacial score (nSPS) is 13.1. The minimum atomic E-state index is 0.269. The van der Waals surface area contributed by atoms with Crippen LogP contribution in [0.1, 0.15) is 15.9 Å². The molecule has 0 fully saturated rings. The molecule has 0 radical (unpaired) electrons. The van der Waals surface area contributed by atoms with Crippen LogP contribution in [0.25, 0.3) is 10.8 Å². The standard InChI is InChI=1S/C13H10O3/c1-8-2-9(6-14)3-10-4-12-13(5-11(8)10)16-7-15-12/h2-6H,7H2,1H3. The smallest absolute Gasteiger partial charge is 0.231 e. The topological polar surface area (TPSA) is 35.5 Å². The number of hydrogen-bond acceptors (Lipinski definition) is 3. The van der Waals surface area contributed by atoms with E-state index in [4.69, 9.17) is 9.47 Å². The summed E-state index contributed by atoms with van der Waals surface area (Å²) in [7, 11) is 0. The van der Waals surface area contributed by atoms with Crippen molar-refractivity contribution in [3.05, 3.63) is 35.4 Å². The number of aldehydes is 1. The predicted molar refractivity (Wildman–Crippen MR) is 60.2 cm³/mol. The van der Waals surface area contributed by atoms with Gasteiger partial charge in [0.05, 0.1) is 0 Å². The van der Waals surface area contributed by atoms with Gasteiger partial charge in [-0.15, -0.1) is 0 Å². The van der Waals surface area contributed by atoms with Crippen molar-refractivity contribution in [2.24, 2.45) is 0 Å². The van der Waals surface area contributed by atoms with Crippen LogP contribution in [0.2, 0.25) is 0 Å². The molecule has 1 aliphatic heterocycles. The molecule has 1 heterocycles. The summed E-state index contributed by atoms with van der Waals surface area (Å²) in [6.07, 6.45) is 0.858. The van der Waals surface area contributed by atoms with Crippen LogP contribution in [-0.2, 0) is 0 Å². The third-order valence-corrected chi connectivity index (χ3v) is 2.81. The van der Waals surface area contributed by atoms with Crippen molar-refractivity contribution in [2.75, 3.05) is 6.79 Å². The number of benzene rings is 2. The summed E-state index contributed by atoms with van der Waals surface area (Å²) in [5.41, 5.74) is 1.75. The molecule has 2 aromatic carbocycles. The van der Waals surface area contributed by atoms with E-state index < -0.39 is 0 Å². The Balaban J connectivity index is 2.35. The SMILES string of the molecule is Cc1cc(C=O)cc2cc3c(cc12)OCO3. The monoisotopic (exact) mass is 214 g/mol. The highest BCUT2D eigenvalue weighted by atomic mass is 16.7. The first-order valence-electron chi connectivity index (χ1n) is 5.07. The van der Waals surface area contributed by atoms with Gasteiger partial charge in [0.2, 0.25) is 6.79 Å². The van der Waals surface area contributed by atoms with Crippen molar-refractivity contribution in [3.63, 3.8) is 0 Å². The van der Waals surface area contributed by atoms with E-state index in [0.717, 1.165) is 34.1 Å². The van der Waals surface area contributed by atoms with Crippen molar-refractivity contribution in [3.8, 4) is 11.5 Å².